The van der Waals surface area contributed by atoms with Gasteiger partial charge >= 0.3 is 0 Å². The Morgan fingerprint density at radius 1 is 1.14 bits per heavy atom. The van der Waals surface area contributed by atoms with Crippen molar-refractivity contribution >= 4 is 16.9 Å². The van der Waals surface area contributed by atoms with Crippen LogP contribution in [0.2, 0.25) is 0 Å². The number of amides is 1. The van der Waals surface area contributed by atoms with Crippen LogP contribution in [0.25, 0.3) is 11.0 Å². The fourth-order valence-electron chi connectivity index (χ4n) is 4.12. The van der Waals surface area contributed by atoms with Crippen LogP contribution in [0.5, 0.6) is 0 Å². The van der Waals surface area contributed by atoms with Crippen molar-refractivity contribution in [2.24, 2.45) is 0 Å². The number of likely N-dealkylation sites (tertiary alicyclic amines) is 1. The van der Waals surface area contributed by atoms with Crippen molar-refractivity contribution in [3.8, 4) is 0 Å². The molecule has 1 amide bonds. The van der Waals surface area contributed by atoms with Crippen LogP contribution < -0.4 is 5.56 Å². The zero-order valence-electron chi connectivity index (χ0n) is 16.2. The highest BCUT2D eigenvalue weighted by Gasteiger charge is 2.28. The van der Waals surface area contributed by atoms with Crippen LogP contribution in [0.15, 0.2) is 59.5 Å². The summed E-state index contributed by atoms with van der Waals surface area (Å²) in [6.07, 6.45) is 5.74. The summed E-state index contributed by atoms with van der Waals surface area (Å²) in [5.74, 6) is -0.149. The summed E-state index contributed by atoms with van der Waals surface area (Å²) in [5.41, 5.74) is 1.60. The van der Waals surface area contributed by atoms with E-state index in [4.69, 9.17) is 0 Å². The van der Waals surface area contributed by atoms with E-state index in [0.717, 1.165) is 43.2 Å². The minimum Gasteiger partial charge on any atom is -0.336 e. The molecule has 144 valence electrons. The number of hydrogen-bond donors (Lipinski definition) is 0. The molecule has 1 atom stereocenters. The Kier molecular flexibility index (Phi) is 5.24. The number of carbonyl (C=O) groups is 1. The van der Waals surface area contributed by atoms with Crippen molar-refractivity contribution in [2.75, 3.05) is 6.54 Å². The number of benzene rings is 1. The van der Waals surface area contributed by atoms with Crippen molar-refractivity contribution in [1.82, 2.24) is 14.5 Å². The quantitative estimate of drug-likeness (QED) is 0.696. The molecule has 1 fully saturated rings. The van der Waals surface area contributed by atoms with Crippen molar-refractivity contribution < 1.29 is 4.79 Å². The highest BCUT2D eigenvalue weighted by atomic mass is 16.2. The first kappa shape index (κ1) is 18.4. The molecule has 3 heterocycles. The first-order valence-electron chi connectivity index (χ1n) is 10.0. The van der Waals surface area contributed by atoms with Crippen molar-refractivity contribution in [3.05, 3.63) is 76.2 Å². The molecule has 0 bridgehead atoms. The third-order valence-corrected chi connectivity index (χ3v) is 5.62. The van der Waals surface area contributed by atoms with Gasteiger partial charge < -0.3 is 4.90 Å². The SMILES string of the molecule is CCC1CCCCN1C(=O)c1cc2cccnc2n(Cc2ccccc2)c1=O. The molecule has 0 spiro atoms. The smallest absolute Gasteiger partial charge is 0.265 e. The lowest BCUT2D eigenvalue weighted by molar-refractivity contribution is 0.0606. The van der Waals surface area contributed by atoms with Crippen molar-refractivity contribution in [1.29, 1.82) is 0 Å². The molecule has 1 aliphatic heterocycles. The molecule has 4 rings (SSSR count). The summed E-state index contributed by atoms with van der Waals surface area (Å²) in [6, 6.07) is 15.5. The summed E-state index contributed by atoms with van der Waals surface area (Å²) in [5, 5.41) is 0.812. The molecular weight excluding hydrogens is 350 g/mol. The van der Waals surface area contributed by atoms with E-state index in [1.165, 1.54) is 0 Å². The van der Waals surface area contributed by atoms with Gasteiger partial charge in [0.15, 0.2) is 0 Å². The van der Waals surface area contributed by atoms with Crippen LogP contribution in [-0.4, -0.2) is 32.9 Å². The third-order valence-electron chi connectivity index (χ3n) is 5.62. The minimum atomic E-state index is -0.263. The Labute approximate surface area is 164 Å². The van der Waals surface area contributed by atoms with Crippen LogP contribution in [0.3, 0.4) is 0 Å². The van der Waals surface area contributed by atoms with Gasteiger partial charge in [-0.1, -0.05) is 37.3 Å². The van der Waals surface area contributed by atoms with E-state index < -0.39 is 0 Å². The van der Waals surface area contributed by atoms with Gasteiger partial charge in [0.05, 0.1) is 6.54 Å². The molecule has 3 aromatic rings. The summed E-state index contributed by atoms with van der Waals surface area (Å²) in [6.45, 7) is 3.22. The summed E-state index contributed by atoms with van der Waals surface area (Å²) in [4.78, 5) is 33.0. The molecule has 0 aliphatic carbocycles. The molecule has 0 saturated carbocycles. The fourth-order valence-corrected chi connectivity index (χ4v) is 4.12. The number of pyridine rings is 2. The number of aromatic nitrogens is 2. The molecule has 1 saturated heterocycles. The predicted octanol–water partition coefficient (Wildman–Crippen LogP) is 3.85. The van der Waals surface area contributed by atoms with Gasteiger partial charge in [-0.15, -0.1) is 0 Å². The molecule has 1 unspecified atom stereocenters. The van der Waals surface area contributed by atoms with E-state index in [9.17, 15) is 9.59 Å². The van der Waals surface area contributed by atoms with Gasteiger partial charge in [-0.2, -0.15) is 0 Å². The van der Waals surface area contributed by atoms with Crippen molar-refractivity contribution in [3.63, 3.8) is 0 Å². The monoisotopic (exact) mass is 375 g/mol. The lowest BCUT2D eigenvalue weighted by Gasteiger charge is -2.35. The average molecular weight is 375 g/mol. The van der Waals surface area contributed by atoms with Crippen LogP contribution >= 0.6 is 0 Å². The molecule has 5 heteroatoms. The van der Waals surface area contributed by atoms with E-state index in [0.29, 0.717) is 12.2 Å². The van der Waals surface area contributed by atoms with Gasteiger partial charge in [0.2, 0.25) is 0 Å². The lowest BCUT2D eigenvalue weighted by atomic mass is 9.99. The lowest BCUT2D eigenvalue weighted by Crippen LogP contribution is -2.45. The van der Waals surface area contributed by atoms with Crippen LogP contribution in [0.4, 0.5) is 0 Å². The average Bonchev–Trinajstić information content (AvgIpc) is 2.75. The van der Waals surface area contributed by atoms with Crippen LogP contribution in [-0.2, 0) is 6.54 Å². The standard InChI is InChI=1S/C23H25N3O2/c1-2-19-12-6-7-14-25(19)22(27)20-15-18-11-8-13-24-21(18)26(23(20)28)16-17-9-4-3-5-10-17/h3-5,8-11,13,15,19H,2,6-7,12,14,16H2,1H3. The molecule has 5 nitrogen and oxygen atoms in total. The second-order valence-electron chi connectivity index (χ2n) is 7.41. The summed E-state index contributed by atoms with van der Waals surface area (Å²) < 4.78 is 1.63. The molecule has 1 aromatic carbocycles. The van der Waals surface area contributed by atoms with E-state index in [2.05, 4.69) is 11.9 Å². The fraction of sp³-hybridized carbons (Fsp3) is 0.348. The Morgan fingerprint density at radius 3 is 2.75 bits per heavy atom. The first-order chi connectivity index (χ1) is 13.7. The predicted molar refractivity (Wildman–Crippen MR) is 111 cm³/mol. The first-order valence-corrected chi connectivity index (χ1v) is 10.0. The Morgan fingerprint density at radius 2 is 1.96 bits per heavy atom. The number of fused-ring (bicyclic) bond motifs is 1. The molecule has 0 N–H and O–H groups in total. The topological polar surface area (TPSA) is 55.2 Å². The molecule has 1 aliphatic rings. The Bertz CT molecular complexity index is 1040. The van der Waals surface area contributed by atoms with Gasteiger partial charge in [-0.25, -0.2) is 4.98 Å². The number of rotatable bonds is 4. The molecule has 2 aromatic heterocycles. The summed E-state index contributed by atoms with van der Waals surface area (Å²) in [7, 11) is 0. The minimum absolute atomic E-state index is 0.149. The van der Waals surface area contributed by atoms with E-state index in [-0.39, 0.29) is 23.1 Å². The van der Waals surface area contributed by atoms with Gasteiger partial charge in [-0.3, -0.25) is 14.2 Å². The van der Waals surface area contributed by atoms with Crippen LogP contribution in [0.1, 0.15) is 48.5 Å². The largest absolute Gasteiger partial charge is 0.336 e. The Balaban J connectivity index is 1.82. The maximum absolute atomic E-state index is 13.3. The van der Waals surface area contributed by atoms with Crippen molar-refractivity contribution in [2.45, 2.75) is 45.2 Å². The normalized spacial score (nSPS) is 17.0. The zero-order chi connectivity index (χ0) is 19.5. The molecule has 0 radical (unpaired) electrons. The van der Waals surface area contributed by atoms with Gasteiger partial charge in [0, 0.05) is 24.2 Å². The number of piperidine rings is 1. The molecule has 28 heavy (non-hydrogen) atoms. The van der Waals surface area contributed by atoms with E-state index >= 15 is 0 Å². The number of carbonyl (C=O) groups excluding carboxylic acids is 1. The summed E-state index contributed by atoms with van der Waals surface area (Å²) >= 11 is 0. The highest BCUT2D eigenvalue weighted by molar-refractivity contribution is 5.97. The third kappa shape index (κ3) is 3.44. The Hall–Kier alpha value is -2.95. The van der Waals surface area contributed by atoms with Gasteiger partial charge in [-0.05, 0) is 49.4 Å². The maximum atomic E-state index is 13.3. The van der Waals surface area contributed by atoms with E-state index in [1.807, 2.05) is 47.4 Å². The second kappa shape index (κ2) is 7.97. The second-order valence-corrected chi connectivity index (χ2v) is 7.41. The number of nitrogens with zero attached hydrogens (tertiary/aromatic N) is 3. The maximum Gasteiger partial charge on any atom is 0.265 e. The zero-order valence-corrected chi connectivity index (χ0v) is 16.2. The number of hydrogen-bond acceptors (Lipinski definition) is 3. The highest BCUT2D eigenvalue weighted by Crippen LogP contribution is 2.22. The van der Waals surface area contributed by atoms with Gasteiger partial charge in [0.1, 0.15) is 11.2 Å². The molecular formula is C23H25N3O2. The van der Waals surface area contributed by atoms with Gasteiger partial charge in [0.25, 0.3) is 11.5 Å². The van der Waals surface area contributed by atoms with E-state index in [1.54, 1.807) is 16.8 Å². The van der Waals surface area contributed by atoms with Crippen LogP contribution in [0, 0.1) is 0 Å².